The highest BCUT2D eigenvalue weighted by molar-refractivity contribution is 8.00. The quantitative estimate of drug-likeness (QED) is 0.618. The van der Waals surface area contributed by atoms with Gasteiger partial charge in [0.05, 0.1) is 6.61 Å². The molecule has 0 spiro atoms. The maximum absolute atomic E-state index is 13.6. The van der Waals surface area contributed by atoms with Gasteiger partial charge in [-0.3, -0.25) is 4.79 Å². The second kappa shape index (κ2) is 7.75. The number of likely N-dealkylation sites (N-methyl/N-ethyl adjacent to an activating group) is 1. The van der Waals surface area contributed by atoms with Crippen LogP contribution in [0.4, 0.5) is 8.78 Å². The topological polar surface area (TPSA) is 38.3 Å². The minimum Gasteiger partial charge on any atom is -0.465 e. The fraction of sp³-hybridized carbons (Fsp3) is 0.533. The van der Waals surface area contributed by atoms with Gasteiger partial charge in [-0.2, -0.15) is 0 Å². The van der Waals surface area contributed by atoms with E-state index in [-0.39, 0.29) is 11.2 Å². The molecule has 6 heteroatoms. The Morgan fingerprint density at radius 2 is 2.14 bits per heavy atom. The van der Waals surface area contributed by atoms with Crippen LogP contribution in [0.3, 0.4) is 0 Å². The second-order valence-electron chi connectivity index (χ2n) is 5.01. The van der Waals surface area contributed by atoms with E-state index in [4.69, 9.17) is 4.74 Å². The molecule has 21 heavy (non-hydrogen) atoms. The number of benzene rings is 1. The summed E-state index contributed by atoms with van der Waals surface area (Å²) >= 11 is 1.27. The molecular weight excluding hydrogens is 296 g/mol. The van der Waals surface area contributed by atoms with Crippen LogP contribution >= 0.6 is 11.8 Å². The van der Waals surface area contributed by atoms with Crippen LogP contribution in [0.25, 0.3) is 0 Å². The van der Waals surface area contributed by atoms with E-state index >= 15 is 0 Å². The number of nitrogens with one attached hydrogen (secondary N) is 1. The molecule has 3 nitrogen and oxygen atoms in total. The van der Waals surface area contributed by atoms with Crippen molar-refractivity contribution in [3.05, 3.63) is 29.8 Å². The lowest BCUT2D eigenvalue weighted by Crippen LogP contribution is -2.50. The van der Waals surface area contributed by atoms with Crippen molar-refractivity contribution in [1.82, 2.24) is 5.32 Å². The average molecular weight is 317 g/mol. The van der Waals surface area contributed by atoms with Gasteiger partial charge in [0.15, 0.2) is 0 Å². The third-order valence-corrected chi connectivity index (χ3v) is 4.35. The summed E-state index contributed by atoms with van der Waals surface area (Å²) in [5, 5.41) is 2.91. The first kappa shape index (κ1) is 17.9. The summed E-state index contributed by atoms with van der Waals surface area (Å²) in [5.41, 5.74) is -0.834. The van der Waals surface area contributed by atoms with Crippen LogP contribution in [0.5, 0.6) is 0 Å². The number of esters is 1. The summed E-state index contributed by atoms with van der Waals surface area (Å²) in [5.74, 6) is -1.52. The molecule has 0 fully saturated rings. The normalized spacial score (nSPS) is 15.3. The molecule has 0 saturated heterocycles. The van der Waals surface area contributed by atoms with Gasteiger partial charge in [-0.05, 0) is 39.4 Å². The summed E-state index contributed by atoms with van der Waals surface area (Å²) in [4.78, 5) is 12.3. The molecule has 0 saturated carbocycles. The van der Waals surface area contributed by atoms with E-state index in [1.54, 1.807) is 20.9 Å². The monoisotopic (exact) mass is 317 g/mol. The first-order chi connectivity index (χ1) is 9.82. The van der Waals surface area contributed by atoms with Crippen molar-refractivity contribution in [2.24, 2.45) is 0 Å². The highest BCUT2D eigenvalue weighted by Gasteiger charge is 2.34. The number of carbonyl (C=O) groups is 1. The zero-order chi connectivity index (χ0) is 16.0. The van der Waals surface area contributed by atoms with E-state index in [0.717, 1.165) is 6.07 Å². The number of thioether (sulfide) groups is 1. The minimum atomic E-state index is -0.834. The van der Waals surface area contributed by atoms with Gasteiger partial charge in [0.2, 0.25) is 0 Å². The van der Waals surface area contributed by atoms with Crippen LogP contribution in [-0.2, 0) is 9.53 Å². The van der Waals surface area contributed by atoms with Crippen molar-refractivity contribution in [3.8, 4) is 0 Å². The summed E-state index contributed by atoms with van der Waals surface area (Å²) in [6.07, 6.45) is 0.462. The van der Waals surface area contributed by atoms with Crippen molar-refractivity contribution in [2.45, 2.75) is 42.9 Å². The molecule has 0 aliphatic heterocycles. The zero-order valence-electron chi connectivity index (χ0n) is 12.7. The molecule has 1 N–H and O–H groups in total. The average Bonchev–Trinajstić information content (AvgIpc) is 2.42. The molecule has 0 aliphatic carbocycles. The maximum atomic E-state index is 13.6. The van der Waals surface area contributed by atoms with E-state index < -0.39 is 17.2 Å². The van der Waals surface area contributed by atoms with Gasteiger partial charge in [-0.15, -0.1) is 11.8 Å². The molecule has 0 heterocycles. The molecule has 1 rings (SSSR count). The van der Waals surface area contributed by atoms with E-state index in [1.165, 1.54) is 23.9 Å². The van der Waals surface area contributed by atoms with Crippen molar-refractivity contribution in [3.63, 3.8) is 0 Å². The van der Waals surface area contributed by atoms with Gasteiger partial charge < -0.3 is 10.1 Å². The summed E-state index contributed by atoms with van der Waals surface area (Å²) in [6, 6.07) is 3.49. The number of halogens is 2. The summed E-state index contributed by atoms with van der Waals surface area (Å²) in [6.45, 7) is 5.70. The molecule has 0 bridgehead atoms. The van der Waals surface area contributed by atoms with Gasteiger partial charge >= 0.3 is 5.97 Å². The minimum absolute atomic E-state index is 0.0492. The van der Waals surface area contributed by atoms with Crippen molar-refractivity contribution in [1.29, 1.82) is 0 Å². The molecule has 1 aromatic rings. The van der Waals surface area contributed by atoms with Crippen LogP contribution in [0.15, 0.2) is 23.1 Å². The standard InChI is InChI=1S/C15H21F2NO2S/c1-5-20-14(19)15(3,18-4)9-10(2)21-13-7-6-11(16)8-12(13)17/h6-8,10,18H,5,9H2,1-4H3. The Morgan fingerprint density at radius 3 is 2.67 bits per heavy atom. The van der Waals surface area contributed by atoms with Crippen LogP contribution in [0.2, 0.25) is 0 Å². The maximum Gasteiger partial charge on any atom is 0.326 e. The van der Waals surface area contributed by atoms with Crippen LogP contribution < -0.4 is 5.32 Å². The fourth-order valence-electron chi connectivity index (χ4n) is 1.98. The number of hydrogen-bond acceptors (Lipinski definition) is 4. The summed E-state index contributed by atoms with van der Waals surface area (Å²) in [7, 11) is 1.69. The fourth-order valence-corrected chi connectivity index (χ4v) is 3.15. The molecule has 2 unspecified atom stereocenters. The van der Waals surface area contributed by atoms with E-state index in [0.29, 0.717) is 17.9 Å². The third kappa shape index (κ3) is 4.97. The molecule has 118 valence electrons. The molecule has 0 aromatic heterocycles. The van der Waals surface area contributed by atoms with Crippen molar-refractivity contribution in [2.75, 3.05) is 13.7 Å². The smallest absolute Gasteiger partial charge is 0.326 e. The Bertz CT molecular complexity index is 499. The first-order valence-electron chi connectivity index (χ1n) is 6.80. The van der Waals surface area contributed by atoms with Crippen molar-refractivity contribution < 1.29 is 18.3 Å². The number of hydrogen-bond donors (Lipinski definition) is 1. The zero-order valence-corrected chi connectivity index (χ0v) is 13.5. The van der Waals surface area contributed by atoms with E-state index in [2.05, 4.69) is 5.32 Å². The number of carbonyl (C=O) groups excluding carboxylic acids is 1. The molecule has 0 aliphatic rings. The lowest BCUT2D eigenvalue weighted by Gasteiger charge is -2.29. The van der Waals surface area contributed by atoms with Crippen molar-refractivity contribution >= 4 is 17.7 Å². The first-order valence-corrected chi connectivity index (χ1v) is 7.68. The predicted octanol–water partition coefficient (Wildman–Crippen LogP) is 3.38. The molecule has 2 atom stereocenters. The van der Waals surface area contributed by atoms with Gasteiger partial charge in [0.1, 0.15) is 17.2 Å². The van der Waals surface area contributed by atoms with Crippen LogP contribution in [0.1, 0.15) is 27.2 Å². The molecule has 0 amide bonds. The largest absolute Gasteiger partial charge is 0.465 e. The van der Waals surface area contributed by atoms with Gasteiger partial charge in [0.25, 0.3) is 0 Å². The molecule has 0 radical (unpaired) electrons. The third-order valence-electron chi connectivity index (χ3n) is 3.20. The Labute approximate surface area is 128 Å². The lowest BCUT2D eigenvalue weighted by molar-refractivity contribution is -0.150. The number of ether oxygens (including phenoxy) is 1. The van der Waals surface area contributed by atoms with Crippen LogP contribution in [-0.4, -0.2) is 30.4 Å². The Hall–Kier alpha value is -1.14. The van der Waals surface area contributed by atoms with E-state index in [9.17, 15) is 13.6 Å². The molecule has 1 aromatic carbocycles. The summed E-state index contributed by atoms with van der Waals surface area (Å²) < 4.78 is 31.6. The molecular formula is C15H21F2NO2S. The highest BCUT2D eigenvalue weighted by atomic mass is 32.2. The number of rotatable bonds is 7. The Morgan fingerprint density at radius 1 is 1.48 bits per heavy atom. The van der Waals surface area contributed by atoms with Crippen LogP contribution in [0, 0.1) is 11.6 Å². The Kier molecular flexibility index (Phi) is 6.61. The SMILES string of the molecule is CCOC(=O)C(C)(CC(C)Sc1ccc(F)cc1F)NC. The second-order valence-corrected chi connectivity index (χ2v) is 6.49. The predicted molar refractivity (Wildman–Crippen MR) is 80.4 cm³/mol. The van der Waals surface area contributed by atoms with Gasteiger partial charge in [0, 0.05) is 16.2 Å². The van der Waals surface area contributed by atoms with Gasteiger partial charge in [-0.1, -0.05) is 6.92 Å². The lowest BCUT2D eigenvalue weighted by atomic mass is 9.96. The highest BCUT2D eigenvalue weighted by Crippen LogP contribution is 2.31. The Balaban J connectivity index is 2.74. The van der Waals surface area contributed by atoms with Gasteiger partial charge in [-0.25, -0.2) is 8.78 Å². The van der Waals surface area contributed by atoms with E-state index in [1.807, 2.05) is 6.92 Å².